The first-order valence-corrected chi connectivity index (χ1v) is 8.67. The Bertz CT molecular complexity index is 701. The van der Waals surface area contributed by atoms with Crippen molar-refractivity contribution in [3.05, 3.63) is 30.1 Å². The molecule has 0 aromatic heterocycles. The van der Waals surface area contributed by atoms with E-state index in [0.29, 0.717) is 0 Å². The quantitative estimate of drug-likeness (QED) is 0.725. The van der Waals surface area contributed by atoms with Crippen molar-refractivity contribution < 1.29 is 27.5 Å². The molecule has 0 unspecified atom stereocenters. The molecule has 2 N–H and O–H groups in total. The Labute approximate surface area is 140 Å². The van der Waals surface area contributed by atoms with Crippen molar-refractivity contribution in [1.29, 1.82) is 0 Å². The van der Waals surface area contributed by atoms with Crippen LogP contribution in [0, 0.1) is 5.82 Å². The molecule has 7 nitrogen and oxygen atoms in total. The zero-order chi connectivity index (χ0) is 18.5. The number of carbonyl (C=O) groups excluding carboxylic acids is 1. The van der Waals surface area contributed by atoms with E-state index in [2.05, 4.69) is 5.32 Å². The minimum atomic E-state index is -3.76. The number of nitrogens with zero attached hydrogens (tertiary/aromatic N) is 1. The highest BCUT2D eigenvalue weighted by atomic mass is 32.2. The molecule has 0 bridgehead atoms. The maximum atomic E-state index is 12.9. The molecular formula is C15H21FN2O5S. The summed E-state index contributed by atoms with van der Waals surface area (Å²) in [6.07, 6.45) is 0.207. The number of halogens is 1. The monoisotopic (exact) mass is 360 g/mol. The van der Waals surface area contributed by atoms with Gasteiger partial charge >= 0.3 is 5.97 Å². The molecular weight excluding hydrogens is 339 g/mol. The molecule has 0 aliphatic carbocycles. The molecule has 0 radical (unpaired) electrons. The molecule has 1 amide bonds. The van der Waals surface area contributed by atoms with Crippen molar-refractivity contribution in [2.24, 2.45) is 0 Å². The highest BCUT2D eigenvalue weighted by molar-refractivity contribution is 7.89. The van der Waals surface area contributed by atoms with E-state index >= 15 is 0 Å². The molecule has 0 saturated carbocycles. The summed E-state index contributed by atoms with van der Waals surface area (Å²) in [7, 11) is -2.40. The fourth-order valence-electron chi connectivity index (χ4n) is 1.83. The number of hydrogen-bond acceptors (Lipinski definition) is 4. The predicted octanol–water partition coefficient (Wildman–Crippen LogP) is 1.21. The average Bonchev–Trinajstić information content (AvgIpc) is 2.46. The number of benzene rings is 1. The van der Waals surface area contributed by atoms with E-state index < -0.39 is 33.3 Å². The second kappa shape index (κ2) is 7.71. The van der Waals surface area contributed by atoms with Crippen molar-refractivity contribution in [3.8, 4) is 0 Å². The lowest BCUT2D eigenvalue weighted by Gasteiger charge is -2.21. The smallest absolute Gasteiger partial charge is 0.328 e. The van der Waals surface area contributed by atoms with Crippen LogP contribution in [-0.4, -0.2) is 48.8 Å². The number of carboxylic acid groups (broad SMARTS) is 1. The lowest BCUT2D eigenvalue weighted by molar-refractivity contribution is -0.146. The molecule has 0 fully saturated rings. The number of sulfonamides is 1. The summed E-state index contributed by atoms with van der Waals surface area (Å²) < 4.78 is 38.5. The van der Waals surface area contributed by atoms with Gasteiger partial charge in [-0.3, -0.25) is 4.79 Å². The second-order valence-electron chi connectivity index (χ2n) is 5.86. The topological polar surface area (TPSA) is 104 Å². The summed E-state index contributed by atoms with van der Waals surface area (Å²) in [5, 5.41) is 11.3. The van der Waals surface area contributed by atoms with Crippen LogP contribution < -0.4 is 5.32 Å². The number of aliphatic carboxylic acids is 1. The van der Waals surface area contributed by atoms with Crippen LogP contribution in [0.15, 0.2) is 29.2 Å². The van der Waals surface area contributed by atoms with Crippen LogP contribution in [0.3, 0.4) is 0 Å². The summed E-state index contributed by atoms with van der Waals surface area (Å²) in [4.78, 5) is 22.6. The number of carboxylic acids is 1. The van der Waals surface area contributed by atoms with Crippen LogP contribution >= 0.6 is 0 Å². The molecule has 0 saturated heterocycles. The Balaban J connectivity index is 2.57. The molecule has 24 heavy (non-hydrogen) atoms. The first kappa shape index (κ1) is 20.0. The first-order chi connectivity index (χ1) is 11.0. The van der Waals surface area contributed by atoms with Gasteiger partial charge in [-0.2, -0.15) is 0 Å². The molecule has 1 aromatic carbocycles. The first-order valence-electron chi connectivity index (χ1n) is 7.23. The summed E-state index contributed by atoms with van der Waals surface area (Å²) >= 11 is 0. The Morgan fingerprint density at radius 2 is 1.79 bits per heavy atom. The minimum Gasteiger partial charge on any atom is -0.480 e. The molecule has 0 spiro atoms. The van der Waals surface area contributed by atoms with Gasteiger partial charge in [-0.1, -0.05) is 0 Å². The second-order valence-corrected chi connectivity index (χ2v) is 7.91. The zero-order valence-corrected chi connectivity index (χ0v) is 14.6. The molecule has 0 aliphatic rings. The number of rotatable bonds is 8. The highest BCUT2D eigenvalue weighted by Gasteiger charge is 2.28. The Hall–Kier alpha value is -2.00. The van der Waals surface area contributed by atoms with Gasteiger partial charge in [0.05, 0.1) is 4.90 Å². The predicted molar refractivity (Wildman–Crippen MR) is 85.3 cm³/mol. The summed E-state index contributed by atoms with van der Waals surface area (Å²) in [5.74, 6) is -2.17. The summed E-state index contributed by atoms with van der Waals surface area (Å²) in [6.45, 7) is 2.79. The molecule has 134 valence electrons. The van der Waals surface area contributed by atoms with Crippen molar-refractivity contribution >= 4 is 21.9 Å². The fourth-order valence-corrected chi connectivity index (χ4v) is 3.04. The standard InChI is InChI=1S/C15H21FN2O5S/c1-15(2,14(20)21)17-13(19)5-4-10-18(3)24(22,23)12-8-6-11(16)7-9-12/h6-9H,4-5,10H2,1-3H3,(H,17,19)(H,20,21). The Morgan fingerprint density at radius 1 is 1.25 bits per heavy atom. The largest absolute Gasteiger partial charge is 0.480 e. The minimum absolute atomic E-state index is 0.0139. The van der Waals surface area contributed by atoms with Crippen LogP contribution in [0.4, 0.5) is 4.39 Å². The molecule has 9 heteroatoms. The summed E-state index contributed by atoms with van der Waals surface area (Å²) in [6, 6.07) is 4.46. The third-order valence-corrected chi connectivity index (χ3v) is 5.26. The van der Waals surface area contributed by atoms with Crippen LogP contribution in [-0.2, 0) is 19.6 Å². The molecule has 0 heterocycles. The van der Waals surface area contributed by atoms with Crippen molar-refractivity contribution in [1.82, 2.24) is 9.62 Å². The van der Waals surface area contributed by atoms with Crippen LogP contribution in [0.5, 0.6) is 0 Å². The van der Waals surface area contributed by atoms with E-state index in [0.717, 1.165) is 16.4 Å². The Morgan fingerprint density at radius 3 is 2.29 bits per heavy atom. The molecule has 0 atom stereocenters. The van der Waals surface area contributed by atoms with Gasteiger partial charge in [0.2, 0.25) is 15.9 Å². The normalized spacial score (nSPS) is 12.2. The van der Waals surface area contributed by atoms with Gasteiger partial charge in [-0.25, -0.2) is 21.9 Å². The zero-order valence-electron chi connectivity index (χ0n) is 13.7. The number of hydrogen-bond donors (Lipinski definition) is 2. The maximum Gasteiger partial charge on any atom is 0.328 e. The third-order valence-electron chi connectivity index (χ3n) is 3.39. The van der Waals surface area contributed by atoms with Gasteiger partial charge in [0.25, 0.3) is 0 Å². The van der Waals surface area contributed by atoms with E-state index in [1.165, 1.54) is 33.0 Å². The van der Waals surface area contributed by atoms with Crippen LogP contribution in [0.1, 0.15) is 26.7 Å². The van der Waals surface area contributed by atoms with E-state index in [-0.39, 0.29) is 24.3 Å². The van der Waals surface area contributed by atoms with Crippen LogP contribution in [0.25, 0.3) is 0 Å². The van der Waals surface area contributed by atoms with Gasteiger partial charge < -0.3 is 10.4 Å². The maximum absolute atomic E-state index is 12.9. The SMILES string of the molecule is CN(CCCC(=O)NC(C)(C)C(=O)O)S(=O)(=O)c1ccc(F)cc1. The molecule has 1 aromatic rings. The van der Waals surface area contributed by atoms with Crippen LogP contribution in [0.2, 0.25) is 0 Å². The highest BCUT2D eigenvalue weighted by Crippen LogP contribution is 2.15. The number of amides is 1. The molecule has 1 rings (SSSR count). The lowest BCUT2D eigenvalue weighted by Crippen LogP contribution is -2.49. The van der Waals surface area contributed by atoms with Gasteiger partial charge in [-0.05, 0) is 44.5 Å². The lowest BCUT2D eigenvalue weighted by atomic mass is 10.1. The van der Waals surface area contributed by atoms with Gasteiger partial charge in [0.1, 0.15) is 11.4 Å². The van der Waals surface area contributed by atoms with E-state index in [1.54, 1.807) is 0 Å². The summed E-state index contributed by atoms with van der Waals surface area (Å²) in [5.41, 5.74) is -1.39. The Kier molecular flexibility index (Phi) is 6.44. The average molecular weight is 360 g/mol. The van der Waals surface area contributed by atoms with Gasteiger partial charge in [-0.15, -0.1) is 0 Å². The van der Waals surface area contributed by atoms with Crippen molar-refractivity contribution in [2.75, 3.05) is 13.6 Å². The van der Waals surface area contributed by atoms with E-state index in [9.17, 15) is 22.4 Å². The van der Waals surface area contributed by atoms with Gasteiger partial charge in [0, 0.05) is 20.0 Å². The number of nitrogens with one attached hydrogen (secondary N) is 1. The fraction of sp³-hybridized carbons (Fsp3) is 0.467. The van der Waals surface area contributed by atoms with Gasteiger partial charge in [0.15, 0.2) is 0 Å². The van der Waals surface area contributed by atoms with Crippen molar-refractivity contribution in [3.63, 3.8) is 0 Å². The third kappa shape index (κ3) is 5.27. The van der Waals surface area contributed by atoms with Crippen molar-refractivity contribution in [2.45, 2.75) is 37.1 Å². The molecule has 0 aliphatic heterocycles. The van der Waals surface area contributed by atoms with E-state index in [4.69, 9.17) is 5.11 Å². The van der Waals surface area contributed by atoms with E-state index in [1.807, 2.05) is 0 Å². The number of carbonyl (C=O) groups is 2.